The second kappa shape index (κ2) is 7.20. The van der Waals surface area contributed by atoms with E-state index >= 15 is 0 Å². The van der Waals surface area contributed by atoms with E-state index in [-0.39, 0.29) is 11.9 Å². The molecule has 0 aromatic heterocycles. The minimum Gasteiger partial charge on any atom is -0.493 e. The highest BCUT2D eigenvalue weighted by molar-refractivity contribution is 5.49. The highest BCUT2D eigenvalue weighted by Crippen LogP contribution is 2.38. The van der Waals surface area contributed by atoms with Gasteiger partial charge < -0.3 is 15.2 Å². The van der Waals surface area contributed by atoms with Gasteiger partial charge in [0.1, 0.15) is 5.82 Å². The zero-order chi connectivity index (χ0) is 17.1. The molecule has 0 spiro atoms. The van der Waals surface area contributed by atoms with E-state index in [1.54, 1.807) is 26.4 Å². The van der Waals surface area contributed by atoms with Gasteiger partial charge in [0.05, 0.1) is 14.2 Å². The molecule has 5 heteroatoms. The van der Waals surface area contributed by atoms with Crippen LogP contribution in [0.2, 0.25) is 0 Å². The number of benzene rings is 2. The summed E-state index contributed by atoms with van der Waals surface area (Å²) in [6.07, 6.45) is 0.904. The standard InChI is InChI=1S/C19H23FN2O2/c1-23-18-9-14-6-7-22(12-13-4-3-5-15(20)8-13)17(11-21)16(14)10-19(18)24-2/h3-5,8-10,17H,6-7,11-12,21H2,1-2H3/t17-/m1/s1. The zero-order valence-corrected chi connectivity index (χ0v) is 14.1. The van der Waals surface area contributed by atoms with Crippen molar-refractivity contribution >= 4 is 0 Å². The average molecular weight is 330 g/mol. The second-order valence-corrected chi connectivity index (χ2v) is 6.01. The molecule has 2 aromatic carbocycles. The third-order valence-electron chi connectivity index (χ3n) is 4.61. The van der Waals surface area contributed by atoms with Crippen LogP contribution in [0.4, 0.5) is 4.39 Å². The topological polar surface area (TPSA) is 47.7 Å². The Morgan fingerprint density at radius 1 is 1.17 bits per heavy atom. The first-order valence-corrected chi connectivity index (χ1v) is 8.09. The van der Waals surface area contributed by atoms with E-state index in [2.05, 4.69) is 4.90 Å². The molecular weight excluding hydrogens is 307 g/mol. The smallest absolute Gasteiger partial charge is 0.161 e. The monoisotopic (exact) mass is 330 g/mol. The van der Waals surface area contributed by atoms with E-state index in [0.29, 0.717) is 18.8 Å². The molecule has 2 aromatic rings. The Balaban J connectivity index is 1.91. The lowest BCUT2D eigenvalue weighted by Crippen LogP contribution is -2.38. The van der Waals surface area contributed by atoms with Crippen LogP contribution in [0, 0.1) is 5.82 Å². The number of fused-ring (bicyclic) bond motifs is 1. The van der Waals surface area contributed by atoms with Crippen molar-refractivity contribution in [2.45, 2.75) is 19.0 Å². The minimum absolute atomic E-state index is 0.0804. The Hall–Kier alpha value is -2.11. The van der Waals surface area contributed by atoms with Gasteiger partial charge in [-0.05, 0) is 47.4 Å². The first-order valence-electron chi connectivity index (χ1n) is 8.09. The summed E-state index contributed by atoms with van der Waals surface area (Å²) in [6, 6.07) is 10.9. The molecule has 0 unspecified atom stereocenters. The summed E-state index contributed by atoms with van der Waals surface area (Å²) in [4.78, 5) is 2.29. The summed E-state index contributed by atoms with van der Waals surface area (Å²) < 4.78 is 24.3. The lowest BCUT2D eigenvalue weighted by atomic mass is 9.91. The number of hydrogen-bond acceptors (Lipinski definition) is 4. The fourth-order valence-corrected chi connectivity index (χ4v) is 3.42. The van der Waals surface area contributed by atoms with Crippen LogP contribution in [0.25, 0.3) is 0 Å². The van der Waals surface area contributed by atoms with Gasteiger partial charge in [-0.3, -0.25) is 4.90 Å². The summed E-state index contributed by atoms with van der Waals surface area (Å²) in [6.45, 7) is 2.05. The molecule has 0 saturated carbocycles. The number of nitrogens with two attached hydrogens (primary N) is 1. The van der Waals surface area contributed by atoms with Crippen molar-refractivity contribution in [2.75, 3.05) is 27.3 Å². The van der Waals surface area contributed by atoms with Gasteiger partial charge in [-0.2, -0.15) is 0 Å². The van der Waals surface area contributed by atoms with Gasteiger partial charge in [0, 0.05) is 25.7 Å². The summed E-state index contributed by atoms with van der Waals surface area (Å²) >= 11 is 0. The van der Waals surface area contributed by atoms with Crippen LogP contribution < -0.4 is 15.2 Å². The fraction of sp³-hybridized carbons (Fsp3) is 0.368. The lowest BCUT2D eigenvalue weighted by molar-refractivity contribution is 0.180. The molecule has 0 radical (unpaired) electrons. The molecule has 1 aliphatic heterocycles. The number of methoxy groups -OCH3 is 2. The first kappa shape index (κ1) is 16.7. The van der Waals surface area contributed by atoms with Crippen LogP contribution in [-0.2, 0) is 13.0 Å². The maximum Gasteiger partial charge on any atom is 0.161 e. The van der Waals surface area contributed by atoms with E-state index < -0.39 is 0 Å². The number of ether oxygens (including phenoxy) is 2. The van der Waals surface area contributed by atoms with E-state index in [4.69, 9.17) is 15.2 Å². The van der Waals surface area contributed by atoms with Crippen LogP contribution in [-0.4, -0.2) is 32.2 Å². The minimum atomic E-state index is -0.208. The lowest BCUT2D eigenvalue weighted by Gasteiger charge is -2.37. The van der Waals surface area contributed by atoms with Crippen molar-refractivity contribution in [3.63, 3.8) is 0 Å². The molecule has 2 N–H and O–H groups in total. The molecule has 1 aliphatic rings. The fourth-order valence-electron chi connectivity index (χ4n) is 3.42. The van der Waals surface area contributed by atoms with Crippen LogP contribution >= 0.6 is 0 Å². The summed E-state index contributed by atoms with van der Waals surface area (Å²) in [5, 5.41) is 0. The van der Waals surface area contributed by atoms with Crippen LogP contribution in [0.5, 0.6) is 11.5 Å². The Bertz CT molecular complexity index is 721. The van der Waals surface area contributed by atoms with E-state index in [0.717, 1.165) is 29.8 Å². The largest absolute Gasteiger partial charge is 0.493 e. The van der Waals surface area contributed by atoms with Gasteiger partial charge in [-0.15, -0.1) is 0 Å². The quantitative estimate of drug-likeness (QED) is 0.916. The Morgan fingerprint density at radius 3 is 2.58 bits per heavy atom. The van der Waals surface area contributed by atoms with Crippen molar-refractivity contribution < 1.29 is 13.9 Å². The Labute approximate surface area is 142 Å². The molecule has 4 nitrogen and oxygen atoms in total. The predicted octanol–water partition coefficient (Wildman–Crippen LogP) is 2.90. The van der Waals surface area contributed by atoms with Crippen LogP contribution in [0.15, 0.2) is 36.4 Å². The molecule has 24 heavy (non-hydrogen) atoms. The van der Waals surface area contributed by atoms with Gasteiger partial charge in [0.25, 0.3) is 0 Å². The summed E-state index contributed by atoms with van der Waals surface area (Å²) in [5.41, 5.74) is 9.42. The van der Waals surface area contributed by atoms with E-state index in [9.17, 15) is 4.39 Å². The SMILES string of the molecule is COc1cc2c(cc1OC)[C@@H](CN)N(Cc1cccc(F)c1)CC2. The molecule has 0 saturated heterocycles. The molecule has 0 aliphatic carbocycles. The van der Waals surface area contributed by atoms with Gasteiger partial charge in [0.15, 0.2) is 11.5 Å². The second-order valence-electron chi connectivity index (χ2n) is 6.01. The third kappa shape index (κ3) is 3.23. The number of hydrogen-bond donors (Lipinski definition) is 1. The van der Waals surface area contributed by atoms with Crippen molar-refractivity contribution in [2.24, 2.45) is 5.73 Å². The molecule has 0 amide bonds. The molecular formula is C19H23FN2O2. The van der Waals surface area contributed by atoms with E-state index in [1.807, 2.05) is 18.2 Å². The molecule has 3 rings (SSSR count). The first-order chi connectivity index (χ1) is 11.7. The van der Waals surface area contributed by atoms with Gasteiger partial charge in [-0.25, -0.2) is 4.39 Å². The molecule has 1 heterocycles. The zero-order valence-electron chi connectivity index (χ0n) is 14.1. The third-order valence-corrected chi connectivity index (χ3v) is 4.61. The van der Waals surface area contributed by atoms with E-state index in [1.165, 1.54) is 11.6 Å². The average Bonchev–Trinajstić information content (AvgIpc) is 2.60. The Morgan fingerprint density at radius 2 is 1.92 bits per heavy atom. The number of rotatable bonds is 5. The molecule has 128 valence electrons. The maximum atomic E-state index is 13.4. The van der Waals surface area contributed by atoms with Gasteiger partial charge >= 0.3 is 0 Å². The van der Waals surface area contributed by atoms with Crippen molar-refractivity contribution in [3.8, 4) is 11.5 Å². The molecule has 0 fully saturated rings. The molecule has 1 atom stereocenters. The van der Waals surface area contributed by atoms with Crippen molar-refractivity contribution in [1.82, 2.24) is 4.90 Å². The number of nitrogens with zero attached hydrogens (tertiary/aromatic N) is 1. The van der Waals surface area contributed by atoms with Crippen LogP contribution in [0.3, 0.4) is 0 Å². The van der Waals surface area contributed by atoms with Gasteiger partial charge in [-0.1, -0.05) is 12.1 Å². The van der Waals surface area contributed by atoms with Crippen molar-refractivity contribution in [3.05, 3.63) is 58.9 Å². The molecule has 0 bridgehead atoms. The normalized spacial score (nSPS) is 17.4. The highest BCUT2D eigenvalue weighted by Gasteiger charge is 2.28. The Kier molecular flexibility index (Phi) is 5.02. The highest BCUT2D eigenvalue weighted by atomic mass is 19.1. The van der Waals surface area contributed by atoms with Crippen molar-refractivity contribution in [1.29, 1.82) is 0 Å². The number of halogens is 1. The van der Waals surface area contributed by atoms with Crippen LogP contribution in [0.1, 0.15) is 22.7 Å². The van der Waals surface area contributed by atoms with Gasteiger partial charge in [0.2, 0.25) is 0 Å². The predicted molar refractivity (Wildman–Crippen MR) is 91.9 cm³/mol. The summed E-state index contributed by atoms with van der Waals surface area (Å²) in [7, 11) is 3.28. The summed E-state index contributed by atoms with van der Waals surface area (Å²) in [5.74, 6) is 1.24. The maximum absolute atomic E-state index is 13.4.